The second kappa shape index (κ2) is 12.4. The second-order valence-corrected chi connectivity index (χ2v) is 9.94. The maximum atomic E-state index is 13.5. The van der Waals surface area contributed by atoms with Crippen LogP contribution in [-0.4, -0.2) is 39.9 Å². The van der Waals surface area contributed by atoms with Crippen molar-refractivity contribution in [3.8, 4) is 11.5 Å². The van der Waals surface area contributed by atoms with Crippen molar-refractivity contribution in [1.82, 2.24) is 5.43 Å². The number of amides is 1. The first-order valence-electron chi connectivity index (χ1n) is 10.8. The predicted molar refractivity (Wildman–Crippen MR) is 138 cm³/mol. The molecule has 0 unspecified atom stereocenters. The maximum Gasteiger partial charge on any atom is 0.260 e. The zero-order valence-electron chi connectivity index (χ0n) is 19.6. The van der Waals surface area contributed by atoms with E-state index in [1.807, 2.05) is 25.1 Å². The molecule has 0 aliphatic heterocycles. The number of sulfonamides is 1. The van der Waals surface area contributed by atoms with Crippen molar-refractivity contribution in [3.63, 3.8) is 0 Å². The van der Waals surface area contributed by atoms with E-state index in [1.165, 1.54) is 24.4 Å². The number of anilines is 1. The average molecular weight is 534 g/mol. The van der Waals surface area contributed by atoms with Gasteiger partial charge < -0.3 is 9.47 Å². The van der Waals surface area contributed by atoms with Crippen molar-refractivity contribution in [1.29, 1.82) is 0 Å². The molecule has 0 heterocycles. The van der Waals surface area contributed by atoms with Gasteiger partial charge in [-0.1, -0.05) is 29.8 Å². The maximum absolute atomic E-state index is 13.5. The third-order valence-corrected chi connectivity index (χ3v) is 6.11. The quantitative estimate of drug-likeness (QED) is 0.291. The van der Waals surface area contributed by atoms with E-state index in [0.29, 0.717) is 35.3 Å². The molecule has 1 N–H and O–H groups in total. The summed E-state index contributed by atoms with van der Waals surface area (Å²) in [6.45, 7) is 1.98. The molecule has 3 aromatic carbocycles. The number of nitrogens with one attached hydrogen (secondary N) is 1. The topological polar surface area (TPSA) is 97.3 Å². The fraction of sp³-hybridized carbons (Fsp3) is 0.200. The van der Waals surface area contributed by atoms with Crippen LogP contribution in [0.25, 0.3) is 0 Å². The van der Waals surface area contributed by atoms with E-state index >= 15 is 0 Å². The zero-order chi connectivity index (χ0) is 26.1. The molecule has 3 aromatic rings. The summed E-state index contributed by atoms with van der Waals surface area (Å²) in [5.74, 6) is -0.307. The Morgan fingerprint density at radius 1 is 1.08 bits per heavy atom. The Bertz CT molecular complexity index is 1350. The summed E-state index contributed by atoms with van der Waals surface area (Å²) in [5.41, 5.74) is 3.83. The van der Waals surface area contributed by atoms with E-state index in [0.717, 1.165) is 22.2 Å². The SMILES string of the molecule is CCOc1cc(/C=N\NC(=O)CN(c2cccc(F)c2)S(C)(=O)=O)ccc1OCc1cccc(Cl)c1. The molecule has 3 rings (SSSR count). The lowest BCUT2D eigenvalue weighted by Crippen LogP contribution is -2.39. The molecule has 8 nitrogen and oxygen atoms in total. The monoisotopic (exact) mass is 533 g/mol. The highest BCUT2D eigenvalue weighted by atomic mass is 35.5. The lowest BCUT2D eigenvalue weighted by atomic mass is 10.2. The van der Waals surface area contributed by atoms with Crippen molar-refractivity contribution in [2.45, 2.75) is 13.5 Å². The predicted octanol–water partition coefficient (Wildman–Crippen LogP) is 4.37. The van der Waals surface area contributed by atoms with Crippen LogP contribution in [0.4, 0.5) is 10.1 Å². The number of ether oxygens (including phenoxy) is 2. The Morgan fingerprint density at radius 3 is 2.56 bits per heavy atom. The molecular formula is C25H25ClFN3O5S. The first-order valence-corrected chi connectivity index (χ1v) is 13.1. The molecule has 0 radical (unpaired) electrons. The van der Waals surface area contributed by atoms with Crippen LogP contribution >= 0.6 is 11.6 Å². The molecule has 0 spiro atoms. The normalized spacial score (nSPS) is 11.3. The molecule has 0 bridgehead atoms. The number of halogens is 2. The van der Waals surface area contributed by atoms with E-state index < -0.39 is 28.3 Å². The van der Waals surface area contributed by atoms with E-state index in [9.17, 15) is 17.6 Å². The van der Waals surface area contributed by atoms with Gasteiger partial charge in [-0.2, -0.15) is 5.10 Å². The summed E-state index contributed by atoms with van der Waals surface area (Å²) >= 11 is 6.01. The fourth-order valence-corrected chi connectivity index (χ4v) is 4.22. The van der Waals surface area contributed by atoms with Gasteiger partial charge in [-0.05, 0) is 66.6 Å². The van der Waals surface area contributed by atoms with E-state index in [1.54, 1.807) is 24.3 Å². The molecule has 36 heavy (non-hydrogen) atoms. The average Bonchev–Trinajstić information content (AvgIpc) is 2.81. The Morgan fingerprint density at radius 2 is 1.86 bits per heavy atom. The summed E-state index contributed by atoms with van der Waals surface area (Å²) in [6, 6.07) is 17.4. The Labute approximate surface area is 214 Å². The highest BCUT2D eigenvalue weighted by Crippen LogP contribution is 2.29. The number of hydrogen-bond donors (Lipinski definition) is 1. The molecule has 0 aliphatic carbocycles. The number of benzene rings is 3. The van der Waals surface area contributed by atoms with Gasteiger partial charge in [-0.25, -0.2) is 18.2 Å². The van der Waals surface area contributed by atoms with Crippen LogP contribution in [0.3, 0.4) is 0 Å². The number of nitrogens with zero attached hydrogens (tertiary/aromatic N) is 2. The van der Waals surface area contributed by atoms with Gasteiger partial charge >= 0.3 is 0 Å². The third kappa shape index (κ3) is 7.96. The Balaban J connectivity index is 1.65. The number of carbonyl (C=O) groups excluding carboxylic acids is 1. The van der Waals surface area contributed by atoms with Gasteiger partial charge in [0.05, 0.1) is 24.8 Å². The van der Waals surface area contributed by atoms with Crippen LogP contribution < -0.4 is 19.2 Å². The molecule has 0 aromatic heterocycles. The molecular weight excluding hydrogens is 509 g/mol. The van der Waals surface area contributed by atoms with Crippen molar-refractivity contribution < 1.29 is 27.1 Å². The van der Waals surface area contributed by atoms with E-state index in [2.05, 4.69) is 10.5 Å². The highest BCUT2D eigenvalue weighted by Gasteiger charge is 2.21. The molecule has 190 valence electrons. The molecule has 0 saturated heterocycles. The molecule has 11 heteroatoms. The molecule has 0 fully saturated rings. The van der Waals surface area contributed by atoms with Crippen LogP contribution in [0.1, 0.15) is 18.1 Å². The van der Waals surface area contributed by atoms with Crippen molar-refractivity contribution in [2.75, 3.05) is 23.7 Å². The largest absolute Gasteiger partial charge is 0.490 e. The van der Waals surface area contributed by atoms with E-state index in [-0.39, 0.29) is 5.69 Å². The first-order chi connectivity index (χ1) is 17.2. The van der Waals surface area contributed by atoms with Crippen LogP contribution in [0.15, 0.2) is 71.8 Å². The Hall–Kier alpha value is -3.63. The number of hydrogen-bond acceptors (Lipinski definition) is 6. The summed E-state index contributed by atoms with van der Waals surface area (Å²) in [7, 11) is -3.84. The van der Waals surface area contributed by atoms with Crippen molar-refractivity contribution >= 4 is 39.4 Å². The lowest BCUT2D eigenvalue weighted by molar-refractivity contribution is -0.119. The number of rotatable bonds is 11. The van der Waals surface area contributed by atoms with Gasteiger partial charge in [0.25, 0.3) is 5.91 Å². The summed E-state index contributed by atoms with van der Waals surface area (Å²) < 4.78 is 50.1. The van der Waals surface area contributed by atoms with Crippen LogP contribution in [0, 0.1) is 5.82 Å². The number of hydrazone groups is 1. The highest BCUT2D eigenvalue weighted by molar-refractivity contribution is 7.92. The summed E-state index contributed by atoms with van der Waals surface area (Å²) in [6.07, 6.45) is 2.31. The minimum absolute atomic E-state index is 0.0337. The molecule has 0 aliphatic rings. The third-order valence-electron chi connectivity index (χ3n) is 4.74. The first kappa shape index (κ1) is 27.0. The van der Waals surface area contributed by atoms with Gasteiger partial charge in [0, 0.05) is 5.02 Å². The smallest absolute Gasteiger partial charge is 0.260 e. The van der Waals surface area contributed by atoms with E-state index in [4.69, 9.17) is 21.1 Å². The van der Waals surface area contributed by atoms with Crippen LogP contribution in [0.5, 0.6) is 11.5 Å². The van der Waals surface area contributed by atoms with Gasteiger partial charge in [-0.15, -0.1) is 0 Å². The standard InChI is InChI=1S/C25H25ClFN3O5S/c1-3-34-24-13-18(10-11-23(24)35-17-19-6-4-7-20(26)12-19)15-28-29-25(31)16-30(36(2,32)33)22-9-5-8-21(27)14-22/h4-15H,3,16-17H2,1-2H3,(H,29,31)/b28-15-. The van der Waals surface area contributed by atoms with Crippen LogP contribution in [0.2, 0.25) is 5.02 Å². The van der Waals surface area contributed by atoms with Gasteiger partial charge in [0.2, 0.25) is 10.0 Å². The fourth-order valence-electron chi connectivity index (χ4n) is 3.16. The number of carbonyl (C=O) groups is 1. The van der Waals surface area contributed by atoms with Crippen molar-refractivity contribution in [2.24, 2.45) is 5.10 Å². The van der Waals surface area contributed by atoms with Gasteiger partial charge in [0.1, 0.15) is 19.0 Å². The molecule has 1 amide bonds. The van der Waals surface area contributed by atoms with Gasteiger partial charge in [0.15, 0.2) is 11.5 Å². The molecule has 0 atom stereocenters. The van der Waals surface area contributed by atoms with Crippen LogP contribution in [-0.2, 0) is 21.4 Å². The minimum atomic E-state index is -3.84. The van der Waals surface area contributed by atoms with Crippen molar-refractivity contribution in [3.05, 3.63) is 88.7 Å². The minimum Gasteiger partial charge on any atom is -0.490 e. The zero-order valence-corrected chi connectivity index (χ0v) is 21.2. The lowest BCUT2D eigenvalue weighted by Gasteiger charge is -2.21. The Kier molecular flexibility index (Phi) is 9.26. The summed E-state index contributed by atoms with van der Waals surface area (Å²) in [5, 5.41) is 4.51. The summed E-state index contributed by atoms with van der Waals surface area (Å²) in [4.78, 5) is 12.3. The molecule has 0 saturated carbocycles. The van der Waals surface area contributed by atoms with Gasteiger partial charge in [-0.3, -0.25) is 9.10 Å². The second-order valence-electron chi connectivity index (χ2n) is 7.60.